The Morgan fingerprint density at radius 1 is 1.00 bits per heavy atom. The van der Waals surface area contributed by atoms with Crippen LogP contribution in [0.2, 0.25) is 0 Å². The summed E-state index contributed by atoms with van der Waals surface area (Å²) in [7, 11) is 0. The summed E-state index contributed by atoms with van der Waals surface area (Å²) in [5, 5.41) is 14.7. The van der Waals surface area contributed by atoms with E-state index in [1.165, 1.54) is 23.1 Å². The molecule has 0 spiro atoms. The van der Waals surface area contributed by atoms with E-state index in [-0.39, 0.29) is 35.8 Å². The normalized spacial score (nSPS) is 21.1. The molecule has 1 unspecified atom stereocenters. The molecule has 1 atom stereocenters. The molecular weight excluding hydrogens is 524 g/mol. The Kier molecular flexibility index (Phi) is 9.40. The van der Waals surface area contributed by atoms with Crippen LogP contribution in [0.4, 0.5) is 8.78 Å². The van der Waals surface area contributed by atoms with E-state index >= 15 is 0 Å². The van der Waals surface area contributed by atoms with Gasteiger partial charge in [0.25, 0.3) is 0 Å². The lowest BCUT2D eigenvalue weighted by atomic mass is 9.80. The molecule has 1 amide bonds. The van der Waals surface area contributed by atoms with Crippen molar-refractivity contribution in [3.8, 4) is 0 Å². The molecular formula is C30H34ClF2N3O3. The number of hydrogen-bond acceptors (Lipinski definition) is 3. The minimum atomic E-state index is -0.846. The van der Waals surface area contributed by atoms with Crippen LogP contribution in [0.15, 0.2) is 54.7 Å². The third kappa shape index (κ3) is 6.86. The molecule has 0 radical (unpaired) electrons. The van der Waals surface area contributed by atoms with Crippen molar-refractivity contribution in [2.24, 2.45) is 5.92 Å². The number of piperidine rings is 1. The summed E-state index contributed by atoms with van der Waals surface area (Å²) < 4.78 is 26.7. The molecule has 39 heavy (non-hydrogen) atoms. The smallest absolute Gasteiger partial charge is 0.320 e. The van der Waals surface area contributed by atoms with Crippen molar-refractivity contribution in [2.45, 2.75) is 56.5 Å². The highest BCUT2D eigenvalue weighted by molar-refractivity contribution is 5.91. The van der Waals surface area contributed by atoms with Gasteiger partial charge in [0, 0.05) is 48.4 Å². The van der Waals surface area contributed by atoms with E-state index in [0.717, 1.165) is 49.4 Å². The quantitative estimate of drug-likeness (QED) is 0.316. The van der Waals surface area contributed by atoms with Crippen molar-refractivity contribution < 1.29 is 23.5 Å². The van der Waals surface area contributed by atoms with Crippen LogP contribution >= 0.6 is 12.4 Å². The summed E-state index contributed by atoms with van der Waals surface area (Å²) in [5.74, 6) is -2.08. The average Bonchev–Trinajstić information content (AvgIpc) is 3.34. The van der Waals surface area contributed by atoms with Gasteiger partial charge < -0.3 is 20.3 Å². The monoisotopic (exact) mass is 557 g/mol. The van der Waals surface area contributed by atoms with Crippen molar-refractivity contribution in [1.82, 2.24) is 15.2 Å². The van der Waals surface area contributed by atoms with Crippen LogP contribution in [0, 0.1) is 17.6 Å². The van der Waals surface area contributed by atoms with Crippen molar-refractivity contribution in [3.63, 3.8) is 0 Å². The molecule has 2 aliphatic rings. The minimum absolute atomic E-state index is 0. The lowest BCUT2D eigenvalue weighted by molar-refractivity contribution is -0.142. The number of fused-ring (bicyclic) bond motifs is 1. The molecule has 1 saturated carbocycles. The number of aromatic amines is 1. The molecule has 5 rings (SSSR count). The maximum absolute atomic E-state index is 13.4. The molecule has 1 aromatic heterocycles. The number of aromatic nitrogens is 1. The van der Waals surface area contributed by atoms with Gasteiger partial charge >= 0.3 is 5.97 Å². The molecule has 0 bridgehead atoms. The van der Waals surface area contributed by atoms with Crippen LogP contribution in [0.5, 0.6) is 0 Å². The summed E-state index contributed by atoms with van der Waals surface area (Å²) in [5.41, 5.74) is 2.78. The summed E-state index contributed by atoms with van der Waals surface area (Å²) in [4.78, 5) is 29.8. The summed E-state index contributed by atoms with van der Waals surface area (Å²) in [6.07, 6.45) is 9.88. The second kappa shape index (κ2) is 12.7. The second-order valence-electron chi connectivity index (χ2n) is 10.5. The minimum Gasteiger partial charge on any atom is -0.480 e. The highest BCUT2D eigenvalue weighted by atomic mass is 35.5. The van der Waals surface area contributed by atoms with E-state index in [1.807, 2.05) is 6.07 Å². The van der Waals surface area contributed by atoms with E-state index in [9.17, 15) is 23.5 Å². The molecule has 1 aliphatic heterocycles. The van der Waals surface area contributed by atoms with Gasteiger partial charge in [0.2, 0.25) is 5.91 Å². The number of carbonyl (C=O) groups excluding carboxylic acids is 1. The molecule has 3 N–H and O–H groups in total. The summed E-state index contributed by atoms with van der Waals surface area (Å²) in [6.45, 7) is 0.897. The number of amides is 1. The SMILES string of the molecule is Cl.O=C(O)C(NC1CCC(c2c[nH]c3ccccc23)CC1)C1CCN(C(=O)/C=C/c2cc(F)cc(F)c2)CC1. The number of benzene rings is 2. The van der Waals surface area contributed by atoms with Crippen LogP contribution in [-0.2, 0) is 9.59 Å². The Hall–Kier alpha value is -3.23. The standard InChI is InChI=1S/C30H33F2N3O3.ClH/c31-22-15-19(16-23(32)17-22)5-10-28(36)35-13-11-21(12-14-35)29(30(37)38)34-24-8-6-20(7-9-24)26-18-33-27-4-2-1-3-25(26)27;/h1-5,10,15-18,20-21,24,29,33-34H,6-9,11-14H2,(H,37,38);1H/b10-5+;. The van der Waals surface area contributed by atoms with Crippen LogP contribution in [0.3, 0.4) is 0 Å². The van der Waals surface area contributed by atoms with Gasteiger partial charge in [0.05, 0.1) is 0 Å². The third-order valence-corrected chi connectivity index (χ3v) is 8.10. The average molecular weight is 558 g/mol. The highest BCUT2D eigenvalue weighted by Gasteiger charge is 2.35. The zero-order valence-electron chi connectivity index (χ0n) is 21.6. The predicted molar refractivity (Wildman–Crippen MR) is 150 cm³/mol. The van der Waals surface area contributed by atoms with Crippen molar-refractivity contribution in [3.05, 3.63) is 77.5 Å². The Bertz CT molecular complexity index is 1310. The zero-order chi connectivity index (χ0) is 26.6. The number of nitrogens with one attached hydrogen (secondary N) is 2. The van der Waals surface area contributed by atoms with Gasteiger partial charge in [0.1, 0.15) is 17.7 Å². The number of carboxylic acids is 1. The Balaban J connectivity index is 0.00000353. The number of para-hydroxylation sites is 1. The van der Waals surface area contributed by atoms with Gasteiger partial charge in [-0.3, -0.25) is 9.59 Å². The molecule has 2 aromatic carbocycles. The number of halogens is 3. The zero-order valence-corrected chi connectivity index (χ0v) is 22.4. The largest absolute Gasteiger partial charge is 0.480 e. The van der Waals surface area contributed by atoms with Crippen LogP contribution in [0.25, 0.3) is 17.0 Å². The van der Waals surface area contributed by atoms with E-state index in [1.54, 1.807) is 4.90 Å². The maximum Gasteiger partial charge on any atom is 0.320 e. The molecule has 2 fully saturated rings. The fraction of sp³-hybridized carbons (Fsp3) is 0.400. The first-order valence-corrected chi connectivity index (χ1v) is 13.4. The van der Waals surface area contributed by atoms with Gasteiger partial charge in [-0.05, 0) is 85.8 Å². The van der Waals surface area contributed by atoms with Gasteiger partial charge in [-0.15, -0.1) is 12.4 Å². The molecule has 9 heteroatoms. The van der Waals surface area contributed by atoms with Crippen molar-refractivity contribution >= 4 is 41.3 Å². The Morgan fingerprint density at radius 3 is 2.33 bits per heavy atom. The molecule has 1 aliphatic carbocycles. The van der Waals surface area contributed by atoms with Gasteiger partial charge in [-0.2, -0.15) is 0 Å². The highest BCUT2D eigenvalue weighted by Crippen LogP contribution is 2.37. The van der Waals surface area contributed by atoms with Crippen LogP contribution in [0.1, 0.15) is 55.6 Å². The number of carbonyl (C=O) groups is 2. The molecule has 6 nitrogen and oxygen atoms in total. The second-order valence-corrected chi connectivity index (χ2v) is 10.5. The summed E-state index contributed by atoms with van der Waals surface area (Å²) >= 11 is 0. The first-order chi connectivity index (χ1) is 18.4. The Labute approximate surface area is 232 Å². The first kappa shape index (κ1) is 28.8. The molecule has 208 valence electrons. The molecule has 2 heterocycles. The van der Waals surface area contributed by atoms with Gasteiger partial charge in [-0.1, -0.05) is 18.2 Å². The van der Waals surface area contributed by atoms with E-state index in [4.69, 9.17) is 0 Å². The van der Waals surface area contributed by atoms with Crippen molar-refractivity contribution in [2.75, 3.05) is 13.1 Å². The van der Waals surface area contributed by atoms with Gasteiger partial charge in [0.15, 0.2) is 0 Å². The molecule has 1 saturated heterocycles. The number of H-pyrrole nitrogens is 1. The number of aliphatic carboxylic acids is 1. The number of carboxylic acid groups (broad SMARTS) is 1. The lowest BCUT2D eigenvalue weighted by Crippen LogP contribution is -2.52. The third-order valence-electron chi connectivity index (χ3n) is 8.10. The predicted octanol–water partition coefficient (Wildman–Crippen LogP) is 5.89. The van der Waals surface area contributed by atoms with Gasteiger partial charge in [-0.25, -0.2) is 8.78 Å². The van der Waals surface area contributed by atoms with E-state index in [2.05, 4.69) is 34.7 Å². The topological polar surface area (TPSA) is 85.4 Å². The van der Waals surface area contributed by atoms with Crippen LogP contribution < -0.4 is 5.32 Å². The maximum atomic E-state index is 13.4. The fourth-order valence-corrected chi connectivity index (χ4v) is 6.06. The fourth-order valence-electron chi connectivity index (χ4n) is 6.06. The van der Waals surface area contributed by atoms with Crippen LogP contribution in [-0.4, -0.2) is 52.0 Å². The van der Waals surface area contributed by atoms with E-state index < -0.39 is 23.6 Å². The van der Waals surface area contributed by atoms with E-state index in [0.29, 0.717) is 31.8 Å². The molecule has 3 aromatic rings. The summed E-state index contributed by atoms with van der Waals surface area (Å²) in [6, 6.07) is 11.0. The first-order valence-electron chi connectivity index (χ1n) is 13.4. The number of nitrogens with zero attached hydrogens (tertiary/aromatic N) is 1. The number of hydrogen-bond donors (Lipinski definition) is 3. The number of rotatable bonds is 7. The lowest BCUT2D eigenvalue weighted by Gasteiger charge is -2.37. The Morgan fingerprint density at radius 2 is 1.67 bits per heavy atom. The van der Waals surface area contributed by atoms with Crippen molar-refractivity contribution in [1.29, 1.82) is 0 Å². The number of likely N-dealkylation sites (tertiary alicyclic amines) is 1.